The van der Waals surface area contributed by atoms with E-state index < -0.39 is 34.7 Å². The number of piperidine rings is 1. The molecule has 10 heteroatoms. The third-order valence-electron chi connectivity index (χ3n) is 6.56. The monoisotopic (exact) mass is 523 g/mol. The number of carbonyl (C=O) groups is 2. The van der Waals surface area contributed by atoms with Crippen LogP contribution in [0.1, 0.15) is 36.6 Å². The first-order chi connectivity index (χ1) is 17.7. The molecule has 0 spiro atoms. The molecule has 37 heavy (non-hydrogen) atoms. The maximum absolute atomic E-state index is 13.3. The van der Waals surface area contributed by atoms with Gasteiger partial charge in [-0.15, -0.1) is 0 Å². The third kappa shape index (κ3) is 6.92. The lowest BCUT2D eigenvalue weighted by atomic mass is 10.0. The molecule has 0 radical (unpaired) electrons. The molecule has 1 fully saturated rings. The van der Waals surface area contributed by atoms with Crippen molar-refractivity contribution in [3.05, 3.63) is 77.9 Å². The van der Waals surface area contributed by atoms with Crippen LogP contribution in [0, 0.1) is 0 Å². The topological polar surface area (TPSA) is 148 Å². The molecule has 196 valence electrons. The van der Waals surface area contributed by atoms with Gasteiger partial charge in [0.15, 0.2) is 0 Å². The van der Waals surface area contributed by atoms with Crippen molar-refractivity contribution in [1.29, 1.82) is 0 Å². The number of benzene rings is 3. The lowest BCUT2D eigenvalue weighted by Crippen LogP contribution is -2.52. The van der Waals surface area contributed by atoms with Crippen molar-refractivity contribution in [3.8, 4) is 0 Å². The van der Waals surface area contributed by atoms with Crippen LogP contribution in [0.25, 0.3) is 10.8 Å². The Hall–Kier alpha value is -3.31. The van der Waals surface area contributed by atoms with Crippen molar-refractivity contribution in [1.82, 2.24) is 14.9 Å². The van der Waals surface area contributed by atoms with E-state index in [1.54, 1.807) is 29.2 Å². The molecule has 0 saturated carbocycles. The number of nitrogens with one attached hydrogen (secondary N) is 2. The van der Waals surface area contributed by atoms with Crippen molar-refractivity contribution >= 4 is 32.6 Å². The van der Waals surface area contributed by atoms with Gasteiger partial charge >= 0.3 is 0 Å². The third-order valence-corrected chi connectivity index (χ3v) is 7.96. The first-order valence-corrected chi connectivity index (χ1v) is 13.9. The summed E-state index contributed by atoms with van der Waals surface area (Å²) in [6.45, 7) is 0.793. The molecule has 0 aromatic heterocycles. The second-order valence-corrected chi connectivity index (χ2v) is 11.1. The van der Waals surface area contributed by atoms with Crippen LogP contribution in [0.15, 0.2) is 71.6 Å². The minimum atomic E-state index is -3.93. The van der Waals surface area contributed by atoms with E-state index in [1.165, 1.54) is 6.07 Å². The highest BCUT2D eigenvalue weighted by atomic mass is 32.2. The minimum Gasteiger partial charge on any atom is -0.343 e. The van der Waals surface area contributed by atoms with Gasteiger partial charge in [0.25, 0.3) is 0 Å². The SMILES string of the molecule is NC(N)c1ccc(C[C@H](NC(=O)CNS(=O)(=O)c2ccc3ccccc3c2)C(=O)N2CCCCC2)cc1. The van der Waals surface area contributed by atoms with E-state index in [0.29, 0.717) is 13.1 Å². The highest BCUT2D eigenvalue weighted by Gasteiger charge is 2.28. The van der Waals surface area contributed by atoms with Crippen LogP contribution < -0.4 is 21.5 Å². The van der Waals surface area contributed by atoms with Gasteiger partial charge in [-0.3, -0.25) is 9.59 Å². The van der Waals surface area contributed by atoms with Gasteiger partial charge in [0.2, 0.25) is 21.8 Å². The zero-order chi connectivity index (χ0) is 26.4. The van der Waals surface area contributed by atoms with Crippen LogP contribution in [0.4, 0.5) is 0 Å². The molecule has 1 aliphatic heterocycles. The molecule has 1 atom stereocenters. The second kappa shape index (κ2) is 11.8. The predicted octanol–water partition coefficient (Wildman–Crippen LogP) is 1.77. The van der Waals surface area contributed by atoms with Gasteiger partial charge in [0.1, 0.15) is 6.04 Å². The van der Waals surface area contributed by atoms with E-state index in [2.05, 4.69) is 10.0 Å². The molecule has 9 nitrogen and oxygen atoms in total. The van der Waals surface area contributed by atoms with E-state index in [-0.39, 0.29) is 17.2 Å². The summed E-state index contributed by atoms with van der Waals surface area (Å²) in [7, 11) is -3.93. The minimum absolute atomic E-state index is 0.0677. The van der Waals surface area contributed by atoms with Crippen molar-refractivity contribution in [3.63, 3.8) is 0 Å². The highest BCUT2D eigenvalue weighted by molar-refractivity contribution is 7.89. The van der Waals surface area contributed by atoms with E-state index in [1.807, 2.05) is 36.4 Å². The number of likely N-dealkylation sites (tertiary alicyclic amines) is 1. The summed E-state index contributed by atoms with van der Waals surface area (Å²) in [6, 6.07) is 18.6. The second-order valence-electron chi connectivity index (χ2n) is 9.31. The number of hydrogen-bond donors (Lipinski definition) is 4. The molecule has 2 amide bonds. The molecule has 3 aromatic carbocycles. The summed E-state index contributed by atoms with van der Waals surface area (Å²) in [5.41, 5.74) is 13.0. The van der Waals surface area contributed by atoms with Crippen LogP contribution in [-0.2, 0) is 26.0 Å². The summed E-state index contributed by atoms with van der Waals surface area (Å²) in [5, 5.41) is 4.44. The van der Waals surface area contributed by atoms with Gasteiger partial charge in [-0.1, -0.05) is 54.6 Å². The number of nitrogens with two attached hydrogens (primary N) is 2. The summed E-state index contributed by atoms with van der Waals surface area (Å²) >= 11 is 0. The van der Waals surface area contributed by atoms with Crippen LogP contribution in [0.3, 0.4) is 0 Å². The molecule has 4 rings (SSSR count). The van der Waals surface area contributed by atoms with E-state index >= 15 is 0 Å². The van der Waals surface area contributed by atoms with Gasteiger partial charge in [0, 0.05) is 19.5 Å². The summed E-state index contributed by atoms with van der Waals surface area (Å²) in [5.74, 6) is -0.759. The Morgan fingerprint density at radius 1 is 0.892 bits per heavy atom. The Balaban J connectivity index is 1.44. The number of nitrogens with zero attached hydrogens (tertiary/aromatic N) is 1. The Bertz CT molecular complexity index is 1350. The molecule has 0 aliphatic carbocycles. The Morgan fingerprint density at radius 2 is 1.57 bits per heavy atom. The number of hydrogen-bond acceptors (Lipinski definition) is 6. The lowest BCUT2D eigenvalue weighted by molar-refractivity contribution is -0.137. The normalized spacial score (nSPS) is 15.1. The largest absolute Gasteiger partial charge is 0.343 e. The number of fused-ring (bicyclic) bond motifs is 1. The number of rotatable bonds is 9. The fraction of sp³-hybridized carbons (Fsp3) is 0.333. The Labute approximate surface area is 217 Å². The number of sulfonamides is 1. The molecule has 6 N–H and O–H groups in total. The molecule has 1 heterocycles. The van der Waals surface area contributed by atoms with Crippen LogP contribution in [-0.4, -0.2) is 50.8 Å². The fourth-order valence-corrected chi connectivity index (χ4v) is 5.49. The summed E-state index contributed by atoms with van der Waals surface area (Å²) in [4.78, 5) is 27.9. The van der Waals surface area contributed by atoms with Gasteiger partial charge in [-0.05, 0) is 53.3 Å². The Kier molecular flexibility index (Phi) is 8.55. The van der Waals surface area contributed by atoms with Gasteiger partial charge < -0.3 is 21.7 Å². The van der Waals surface area contributed by atoms with E-state index in [9.17, 15) is 18.0 Å². The first-order valence-electron chi connectivity index (χ1n) is 12.4. The smallest absolute Gasteiger partial charge is 0.245 e. The van der Waals surface area contributed by atoms with Gasteiger partial charge in [-0.25, -0.2) is 13.1 Å². The van der Waals surface area contributed by atoms with Gasteiger partial charge in [-0.2, -0.15) is 0 Å². The van der Waals surface area contributed by atoms with Crippen molar-refractivity contribution in [2.75, 3.05) is 19.6 Å². The van der Waals surface area contributed by atoms with Crippen molar-refractivity contribution < 1.29 is 18.0 Å². The van der Waals surface area contributed by atoms with Crippen LogP contribution in [0.5, 0.6) is 0 Å². The van der Waals surface area contributed by atoms with E-state index in [4.69, 9.17) is 11.5 Å². The zero-order valence-electron chi connectivity index (χ0n) is 20.6. The molecular formula is C27H33N5O4S. The molecule has 3 aromatic rings. The zero-order valence-corrected chi connectivity index (χ0v) is 21.4. The average molecular weight is 524 g/mol. The predicted molar refractivity (Wildman–Crippen MR) is 143 cm³/mol. The quantitative estimate of drug-likeness (QED) is 0.314. The average Bonchev–Trinajstić information content (AvgIpc) is 2.91. The maximum Gasteiger partial charge on any atom is 0.245 e. The first kappa shape index (κ1) is 26.7. The summed E-state index contributed by atoms with van der Waals surface area (Å²) in [6.07, 6.45) is 2.56. The Morgan fingerprint density at radius 3 is 2.24 bits per heavy atom. The molecule has 1 saturated heterocycles. The van der Waals surface area contributed by atoms with E-state index in [0.717, 1.165) is 41.2 Å². The molecule has 0 unspecified atom stereocenters. The highest BCUT2D eigenvalue weighted by Crippen LogP contribution is 2.19. The standard InChI is InChI=1S/C27H33N5O4S/c28-26(29)21-10-8-19(9-11-21)16-24(27(34)32-14-4-1-5-15-32)31-25(33)18-30-37(35,36)23-13-12-20-6-2-3-7-22(20)17-23/h2-3,6-13,17,24,26,30H,1,4-5,14-16,18,28-29H2,(H,31,33)/t24-/m0/s1. The van der Waals surface area contributed by atoms with Crippen molar-refractivity contribution in [2.45, 2.75) is 42.8 Å². The molecular weight excluding hydrogens is 490 g/mol. The van der Waals surface area contributed by atoms with Crippen molar-refractivity contribution in [2.24, 2.45) is 11.5 Å². The van der Waals surface area contributed by atoms with Crippen LogP contribution in [0.2, 0.25) is 0 Å². The number of amides is 2. The molecule has 0 bridgehead atoms. The molecule has 1 aliphatic rings. The lowest BCUT2D eigenvalue weighted by Gasteiger charge is -2.31. The maximum atomic E-state index is 13.3. The van der Waals surface area contributed by atoms with Gasteiger partial charge in [0.05, 0.1) is 17.6 Å². The van der Waals surface area contributed by atoms with Crippen LogP contribution >= 0.6 is 0 Å². The number of carbonyl (C=O) groups excluding carboxylic acids is 2. The fourth-order valence-electron chi connectivity index (χ4n) is 4.47. The summed E-state index contributed by atoms with van der Waals surface area (Å²) < 4.78 is 28.0.